The quantitative estimate of drug-likeness (QED) is 0.0435. The molecule has 0 saturated heterocycles. The van der Waals surface area contributed by atoms with Gasteiger partial charge in [-0.2, -0.15) is 0 Å². The largest absolute Gasteiger partial charge is 0.465 e. The third kappa shape index (κ3) is 11.8. The van der Waals surface area contributed by atoms with E-state index in [1.54, 1.807) is 66.3 Å². The Morgan fingerprint density at radius 1 is 0.923 bits per heavy atom. The van der Waals surface area contributed by atoms with Gasteiger partial charge in [0.15, 0.2) is 17.2 Å². The molecule has 4 aromatic rings. The lowest BCUT2D eigenvalue weighted by Crippen LogP contribution is -2.35. The molecule has 14 nitrogen and oxygen atoms in total. The third-order valence-corrected chi connectivity index (χ3v) is 11.1. The number of imidazole rings is 1. The van der Waals surface area contributed by atoms with E-state index in [1.165, 1.54) is 6.33 Å². The lowest BCUT2D eigenvalue weighted by Gasteiger charge is -2.19. The lowest BCUT2D eigenvalue weighted by molar-refractivity contribution is -0.145. The van der Waals surface area contributed by atoms with Crippen LogP contribution in [0.1, 0.15) is 67.4 Å². The number of hydrogen-bond acceptors (Lipinski definition) is 14. The number of ketones is 1. The Hall–Kier alpha value is -3.98. The van der Waals surface area contributed by atoms with Gasteiger partial charge in [-0.25, -0.2) is 15.0 Å². The van der Waals surface area contributed by atoms with Crippen molar-refractivity contribution in [3.05, 3.63) is 83.9 Å². The van der Waals surface area contributed by atoms with Gasteiger partial charge in [0.05, 0.1) is 44.7 Å². The molecule has 2 aromatic heterocycles. The maximum absolute atomic E-state index is 13.7. The molecular formula is C36H47N6O8PS. The van der Waals surface area contributed by atoms with Gasteiger partial charge < -0.3 is 34.6 Å². The molecule has 52 heavy (non-hydrogen) atoms. The van der Waals surface area contributed by atoms with Crippen LogP contribution >= 0.6 is 19.4 Å². The van der Waals surface area contributed by atoms with E-state index in [4.69, 9.17) is 30.0 Å². The normalized spacial score (nSPS) is 14.4. The zero-order valence-corrected chi connectivity index (χ0v) is 31.4. The zero-order valence-electron chi connectivity index (χ0n) is 29.7. The molecule has 2 aromatic carbocycles. The first-order chi connectivity index (χ1) is 25.0. The molecule has 0 saturated carbocycles. The molecule has 4 atom stereocenters. The summed E-state index contributed by atoms with van der Waals surface area (Å²) < 4.78 is 38.1. The maximum Gasteiger partial charge on any atom is 0.356 e. The van der Waals surface area contributed by atoms with Crippen molar-refractivity contribution >= 4 is 53.2 Å². The molecule has 4 rings (SSSR count). The minimum Gasteiger partial charge on any atom is -0.465 e. The molecule has 4 N–H and O–H groups in total. The van der Waals surface area contributed by atoms with Crippen molar-refractivity contribution in [2.24, 2.45) is 11.7 Å². The Morgan fingerprint density at radius 2 is 1.65 bits per heavy atom. The summed E-state index contributed by atoms with van der Waals surface area (Å²) in [4.78, 5) is 50.5. The number of nitrogen functional groups attached to an aromatic ring is 1. The van der Waals surface area contributed by atoms with Crippen LogP contribution in [0.25, 0.3) is 11.2 Å². The van der Waals surface area contributed by atoms with Crippen molar-refractivity contribution < 1.29 is 37.5 Å². The summed E-state index contributed by atoms with van der Waals surface area (Å²) in [5, 5.41) is -0.0894. The number of hydrogen-bond donors (Lipinski definition) is 2. The lowest BCUT2D eigenvalue weighted by atomic mass is 9.96. The first kappa shape index (κ1) is 40.8. The standard InChI is InChI=1S/C36H47N6O8PS/c1-4-25(2)30(37)36(45)52-20-10-18-50-51(46,24-47-19-15-42-23-41-31-33(38)39-22-40-34(31)42)49-17-9-16-48-35(44)26(3)28-13-8-14-29(21-28)32(43)27-11-6-5-7-12-27/h5-8,11-14,21-23,25-26,30H,4,9-10,15-20,24,37H2,1-3H3,(H2,38,39,40)/t25-,26?,30-,51?/m0/s1. The monoisotopic (exact) mass is 754 g/mol. The van der Waals surface area contributed by atoms with Crippen LogP contribution in [0, 0.1) is 5.92 Å². The number of esters is 1. The van der Waals surface area contributed by atoms with Crippen LogP contribution in [-0.4, -0.2) is 81.0 Å². The summed E-state index contributed by atoms with van der Waals surface area (Å²) >= 11 is 1.13. The zero-order chi connectivity index (χ0) is 37.5. The molecule has 0 fully saturated rings. The van der Waals surface area contributed by atoms with Crippen LogP contribution in [-0.2, 0) is 39.2 Å². The van der Waals surface area contributed by atoms with Gasteiger partial charge in [0, 0.05) is 29.8 Å². The number of fused-ring (bicyclic) bond motifs is 1. The van der Waals surface area contributed by atoms with Gasteiger partial charge in [0.2, 0.25) is 5.12 Å². The summed E-state index contributed by atoms with van der Waals surface area (Å²) in [6.45, 7) is 6.19. The fourth-order valence-electron chi connectivity index (χ4n) is 4.93. The fraction of sp³-hybridized carbons (Fsp3) is 0.444. The second-order valence-electron chi connectivity index (χ2n) is 12.2. The molecule has 16 heteroatoms. The summed E-state index contributed by atoms with van der Waals surface area (Å²) in [7, 11) is -3.74. The molecule has 0 amide bonds. The Morgan fingerprint density at radius 3 is 2.40 bits per heavy atom. The molecule has 280 valence electrons. The molecular weight excluding hydrogens is 707 g/mol. The topological polar surface area (TPSA) is 201 Å². The van der Waals surface area contributed by atoms with Crippen LogP contribution in [0.4, 0.5) is 5.82 Å². The molecule has 0 bridgehead atoms. The highest BCUT2D eigenvalue weighted by Crippen LogP contribution is 2.48. The van der Waals surface area contributed by atoms with Gasteiger partial charge in [-0.3, -0.25) is 18.9 Å². The van der Waals surface area contributed by atoms with E-state index in [0.717, 1.165) is 18.2 Å². The number of anilines is 1. The molecule has 0 aliphatic rings. The second kappa shape index (κ2) is 20.3. The van der Waals surface area contributed by atoms with Crippen LogP contribution in [0.5, 0.6) is 0 Å². The first-order valence-electron chi connectivity index (χ1n) is 17.2. The van der Waals surface area contributed by atoms with E-state index in [2.05, 4.69) is 15.0 Å². The van der Waals surface area contributed by atoms with Gasteiger partial charge in [-0.15, -0.1) is 0 Å². The van der Waals surface area contributed by atoms with E-state index < -0.39 is 25.5 Å². The Labute approximate surface area is 307 Å². The highest BCUT2D eigenvalue weighted by atomic mass is 32.2. The number of rotatable bonds is 22. The minimum atomic E-state index is -3.74. The third-order valence-electron chi connectivity index (χ3n) is 8.36. The number of aromatic nitrogens is 4. The fourth-order valence-corrected chi connectivity index (χ4v) is 7.21. The average Bonchev–Trinajstić information content (AvgIpc) is 3.59. The number of nitrogens with two attached hydrogens (primary N) is 2. The number of carbonyl (C=O) groups excluding carboxylic acids is 3. The van der Waals surface area contributed by atoms with Crippen LogP contribution in [0.2, 0.25) is 0 Å². The van der Waals surface area contributed by atoms with Crippen molar-refractivity contribution in [1.82, 2.24) is 19.5 Å². The van der Waals surface area contributed by atoms with Crippen molar-refractivity contribution in [3.8, 4) is 0 Å². The van der Waals surface area contributed by atoms with Crippen molar-refractivity contribution in [3.63, 3.8) is 0 Å². The summed E-state index contributed by atoms with van der Waals surface area (Å²) in [5.41, 5.74) is 14.6. The highest BCUT2D eigenvalue weighted by molar-refractivity contribution is 8.13. The van der Waals surface area contributed by atoms with Gasteiger partial charge in [0.1, 0.15) is 18.2 Å². The molecule has 0 radical (unpaired) electrons. The van der Waals surface area contributed by atoms with Gasteiger partial charge in [-0.05, 0) is 30.9 Å². The predicted molar refractivity (Wildman–Crippen MR) is 200 cm³/mol. The van der Waals surface area contributed by atoms with E-state index in [1.807, 2.05) is 19.9 Å². The maximum atomic E-state index is 13.7. The van der Waals surface area contributed by atoms with E-state index >= 15 is 0 Å². The average molecular weight is 755 g/mol. The number of ether oxygens (including phenoxy) is 2. The van der Waals surface area contributed by atoms with E-state index in [-0.39, 0.29) is 61.8 Å². The van der Waals surface area contributed by atoms with E-state index in [0.29, 0.717) is 46.6 Å². The molecule has 2 heterocycles. The number of carbonyl (C=O) groups is 3. The molecule has 0 aliphatic heterocycles. The summed E-state index contributed by atoms with van der Waals surface area (Å²) in [6.07, 6.45) is 4.09. The van der Waals surface area contributed by atoms with Crippen molar-refractivity contribution in [1.29, 1.82) is 0 Å². The number of benzene rings is 2. The first-order valence-corrected chi connectivity index (χ1v) is 19.9. The predicted octanol–water partition coefficient (Wildman–Crippen LogP) is 5.60. The summed E-state index contributed by atoms with van der Waals surface area (Å²) in [5.74, 6) is -0.430. The smallest absolute Gasteiger partial charge is 0.356 e. The second-order valence-corrected chi connectivity index (χ2v) is 15.3. The Bertz CT molecular complexity index is 1830. The SMILES string of the molecule is CC[C@H](C)[C@H](N)C(=O)SCCCOP(=O)(COCCn1cnc2c(N)ncnc21)OCCCOC(=O)C(C)c1cccc(C(=O)c2ccccc2)c1. The molecule has 2 unspecified atom stereocenters. The number of nitrogens with zero attached hydrogens (tertiary/aromatic N) is 4. The minimum absolute atomic E-state index is 0.0144. The molecule has 0 spiro atoms. The number of thioether (sulfide) groups is 1. The summed E-state index contributed by atoms with van der Waals surface area (Å²) in [6, 6.07) is 15.3. The van der Waals surface area contributed by atoms with Gasteiger partial charge >= 0.3 is 13.6 Å². The van der Waals surface area contributed by atoms with Crippen LogP contribution in [0.15, 0.2) is 67.3 Å². The van der Waals surface area contributed by atoms with Crippen molar-refractivity contribution in [2.45, 2.75) is 58.5 Å². The molecule has 0 aliphatic carbocycles. The van der Waals surface area contributed by atoms with E-state index in [9.17, 15) is 18.9 Å². The Kier molecular flexibility index (Phi) is 15.9. The van der Waals surface area contributed by atoms with Crippen molar-refractivity contribution in [2.75, 3.05) is 44.3 Å². The van der Waals surface area contributed by atoms with Crippen LogP contribution < -0.4 is 11.5 Å². The van der Waals surface area contributed by atoms with Gasteiger partial charge in [-0.1, -0.05) is 80.6 Å². The van der Waals surface area contributed by atoms with Crippen LogP contribution in [0.3, 0.4) is 0 Å². The Balaban J connectivity index is 1.25. The van der Waals surface area contributed by atoms with Gasteiger partial charge in [0.25, 0.3) is 0 Å². The highest BCUT2D eigenvalue weighted by Gasteiger charge is 2.26.